The number of pyridine rings is 1. The summed E-state index contributed by atoms with van der Waals surface area (Å²) in [7, 11) is 0. The molecule has 1 saturated carbocycles. The molecular weight excluding hydrogens is 368 g/mol. The van der Waals surface area contributed by atoms with E-state index in [9.17, 15) is 4.79 Å². The first-order valence-corrected chi connectivity index (χ1v) is 9.62. The Morgan fingerprint density at radius 3 is 2.86 bits per heavy atom. The number of hydrogen-bond acceptors (Lipinski definition) is 6. The maximum absolute atomic E-state index is 12.5. The van der Waals surface area contributed by atoms with E-state index in [1.54, 1.807) is 0 Å². The zero-order chi connectivity index (χ0) is 20.0. The quantitative estimate of drug-likeness (QED) is 0.564. The van der Waals surface area contributed by atoms with Gasteiger partial charge in [0.05, 0.1) is 12.1 Å². The molecule has 1 aliphatic carbocycles. The largest absolute Gasteiger partial charge is 0.345 e. The van der Waals surface area contributed by atoms with Crippen molar-refractivity contribution in [2.45, 2.75) is 39.2 Å². The van der Waals surface area contributed by atoms with Gasteiger partial charge in [-0.3, -0.25) is 9.20 Å². The fourth-order valence-corrected chi connectivity index (χ4v) is 3.25. The molecule has 0 bridgehead atoms. The van der Waals surface area contributed by atoms with Gasteiger partial charge in [-0.1, -0.05) is 11.2 Å². The Morgan fingerprint density at radius 2 is 2.07 bits per heavy atom. The predicted octanol–water partition coefficient (Wildman–Crippen LogP) is 3.20. The van der Waals surface area contributed by atoms with Gasteiger partial charge >= 0.3 is 0 Å². The topological polar surface area (TPSA) is 98.2 Å². The van der Waals surface area contributed by atoms with Crippen LogP contribution in [0.2, 0.25) is 0 Å². The summed E-state index contributed by atoms with van der Waals surface area (Å²) in [5.41, 5.74) is 4.21. The van der Waals surface area contributed by atoms with Gasteiger partial charge in [0.2, 0.25) is 0 Å². The van der Waals surface area contributed by atoms with Gasteiger partial charge in [-0.2, -0.15) is 4.98 Å². The summed E-state index contributed by atoms with van der Waals surface area (Å²) in [4.78, 5) is 17.0. The Kier molecular flexibility index (Phi) is 4.12. The molecular formula is C21H20N6O2. The van der Waals surface area contributed by atoms with Crippen LogP contribution in [0.5, 0.6) is 0 Å². The van der Waals surface area contributed by atoms with Crippen molar-refractivity contribution < 1.29 is 9.32 Å². The molecule has 29 heavy (non-hydrogen) atoms. The molecule has 1 fully saturated rings. The average Bonchev–Trinajstić information content (AvgIpc) is 3.31. The molecule has 0 saturated heterocycles. The van der Waals surface area contributed by atoms with E-state index in [1.807, 2.05) is 54.8 Å². The van der Waals surface area contributed by atoms with Gasteiger partial charge in [0, 0.05) is 17.7 Å². The number of nitrogens with zero attached hydrogens (tertiary/aromatic N) is 5. The van der Waals surface area contributed by atoms with Crippen molar-refractivity contribution in [2.24, 2.45) is 0 Å². The number of carbonyl (C=O) groups is 1. The Bertz CT molecular complexity index is 1220. The van der Waals surface area contributed by atoms with Gasteiger partial charge in [0.1, 0.15) is 0 Å². The highest BCUT2D eigenvalue weighted by molar-refractivity contribution is 5.94. The molecule has 0 atom stereocenters. The normalized spacial score (nSPS) is 13.7. The minimum absolute atomic E-state index is 0.146. The van der Waals surface area contributed by atoms with Crippen LogP contribution in [0.4, 0.5) is 0 Å². The molecule has 4 aromatic rings. The van der Waals surface area contributed by atoms with Crippen LogP contribution in [-0.4, -0.2) is 30.6 Å². The lowest BCUT2D eigenvalue weighted by Crippen LogP contribution is -2.24. The molecule has 0 radical (unpaired) electrons. The minimum atomic E-state index is -0.146. The lowest BCUT2D eigenvalue weighted by Gasteiger charge is -2.07. The number of aryl methyl sites for hydroxylation is 2. The summed E-state index contributed by atoms with van der Waals surface area (Å²) in [5, 5.41) is 15.5. The van der Waals surface area contributed by atoms with E-state index in [4.69, 9.17) is 4.52 Å². The van der Waals surface area contributed by atoms with Crippen LogP contribution >= 0.6 is 0 Å². The van der Waals surface area contributed by atoms with Crippen LogP contribution in [0.3, 0.4) is 0 Å². The van der Waals surface area contributed by atoms with Crippen LogP contribution in [0.1, 0.15) is 51.9 Å². The smallest absolute Gasteiger partial charge is 0.261 e. The van der Waals surface area contributed by atoms with Crippen molar-refractivity contribution in [1.82, 2.24) is 30.1 Å². The second kappa shape index (κ2) is 6.80. The van der Waals surface area contributed by atoms with Crippen molar-refractivity contribution in [3.8, 4) is 11.5 Å². The number of benzene rings is 1. The van der Waals surface area contributed by atoms with Crippen molar-refractivity contribution in [3.63, 3.8) is 0 Å². The third-order valence-electron chi connectivity index (χ3n) is 5.30. The molecule has 146 valence electrons. The SMILES string of the molecule is Cc1ccc(C(=O)NCc2nnc3c(-c4nc(C5CC5)no4)cccn23)cc1C. The number of amides is 1. The maximum atomic E-state index is 12.5. The molecule has 1 amide bonds. The zero-order valence-electron chi connectivity index (χ0n) is 16.2. The van der Waals surface area contributed by atoms with Crippen LogP contribution in [-0.2, 0) is 6.54 Å². The second-order valence-corrected chi connectivity index (χ2v) is 7.45. The highest BCUT2D eigenvalue weighted by Gasteiger charge is 2.29. The summed E-state index contributed by atoms with van der Waals surface area (Å²) >= 11 is 0. The average molecular weight is 388 g/mol. The highest BCUT2D eigenvalue weighted by atomic mass is 16.5. The number of aromatic nitrogens is 5. The number of carbonyl (C=O) groups excluding carboxylic acids is 1. The first-order chi connectivity index (χ1) is 14.1. The molecule has 1 N–H and O–H groups in total. The fourth-order valence-electron chi connectivity index (χ4n) is 3.25. The molecule has 5 rings (SSSR count). The number of hydrogen-bond donors (Lipinski definition) is 1. The summed E-state index contributed by atoms with van der Waals surface area (Å²) in [6.45, 7) is 4.27. The van der Waals surface area contributed by atoms with Crippen molar-refractivity contribution >= 4 is 11.6 Å². The van der Waals surface area contributed by atoms with Gasteiger partial charge < -0.3 is 9.84 Å². The Hall–Kier alpha value is -3.55. The van der Waals surface area contributed by atoms with Crippen molar-refractivity contribution in [3.05, 3.63) is 64.9 Å². The van der Waals surface area contributed by atoms with E-state index < -0.39 is 0 Å². The third kappa shape index (κ3) is 3.26. The lowest BCUT2D eigenvalue weighted by atomic mass is 10.1. The van der Waals surface area contributed by atoms with Crippen molar-refractivity contribution in [1.29, 1.82) is 0 Å². The second-order valence-electron chi connectivity index (χ2n) is 7.45. The summed E-state index contributed by atoms with van der Waals surface area (Å²) in [5.74, 6) is 2.09. The van der Waals surface area contributed by atoms with Crippen LogP contribution in [0.15, 0.2) is 41.1 Å². The van der Waals surface area contributed by atoms with E-state index in [0.29, 0.717) is 28.8 Å². The van der Waals surface area contributed by atoms with Gasteiger partial charge in [-0.15, -0.1) is 10.2 Å². The first-order valence-electron chi connectivity index (χ1n) is 9.62. The number of fused-ring (bicyclic) bond motifs is 1. The molecule has 1 aliphatic rings. The van der Waals surface area contributed by atoms with Crippen LogP contribution < -0.4 is 5.32 Å². The van der Waals surface area contributed by atoms with Gasteiger partial charge in [-0.25, -0.2) is 0 Å². The third-order valence-corrected chi connectivity index (χ3v) is 5.30. The van der Waals surface area contributed by atoms with Gasteiger partial charge in [0.15, 0.2) is 17.3 Å². The highest BCUT2D eigenvalue weighted by Crippen LogP contribution is 2.39. The van der Waals surface area contributed by atoms with Gasteiger partial charge in [0.25, 0.3) is 11.8 Å². The molecule has 8 nitrogen and oxygen atoms in total. The fraction of sp³-hybridized carbons (Fsp3) is 0.286. The first kappa shape index (κ1) is 17.5. The minimum Gasteiger partial charge on any atom is -0.345 e. The number of rotatable bonds is 5. The summed E-state index contributed by atoms with van der Waals surface area (Å²) in [6, 6.07) is 9.42. The molecule has 3 heterocycles. The van der Waals surface area contributed by atoms with E-state index in [-0.39, 0.29) is 12.5 Å². The van der Waals surface area contributed by atoms with E-state index in [0.717, 1.165) is 35.4 Å². The molecule has 8 heteroatoms. The molecule has 0 spiro atoms. The zero-order valence-corrected chi connectivity index (χ0v) is 16.2. The summed E-state index contributed by atoms with van der Waals surface area (Å²) < 4.78 is 7.26. The monoisotopic (exact) mass is 388 g/mol. The van der Waals surface area contributed by atoms with Crippen LogP contribution in [0, 0.1) is 13.8 Å². The Morgan fingerprint density at radius 1 is 1.21 bits per heavy atom. The number of nitrogens with one attached hydrogen (secondary N) is 1. The Labute approximate surface area is 167 Å². The van der Waals surface area contributed by atoms with E-state index >= 15 is 0 Å². The predicted molar refractivity (Wildman–Crippen MR) is 105 cm³/mol. The summed E-state index contributed by atoms with van der Waals surface area (Å²) in [6.07, 6.45) is 4.07. The molecule has 0 aliphatic heterocycles. The van der Waals surface area contributed by atoms with Crippen molar-refractivity contribution in [2.75, 3.05) is 0 Å². The lowest BCUT2D eigenvalue weighted by molar-refractivity contribution is 0.0949. The van der Waals surface area contributed by atoms with E-state index in [2.05, 4.69) is 25.7 Å². The van der Waals surface area contributed by atoms with E-state index in [1.165, 1.54) is 0 Å². The molecule has 3 aromatic heterocycles. The van der Waals surface area contributed by atoms with Gasteiger partial charge in [-0.05, 0) is 62.1 Å². The molecule has 1 aromatic carbocycles. The van der Waals surface area contributed by atoms with Crippen LogP contribution in [0.25, 0.3) is 17.1 Å². The Balaban J connectivity index is 1.38. The standard InChI is InChI=1S/C21H20N6O2/c1-12-5-6-15(10-13(12)2)20(28)22-11-17-24-25-19-16(4-3-9-27(17)19)21-23-18(26-29-21)14-7-8-14/h3-6,9-10,14H,7-8,11H2,1-2H3,(H,22,28). The molecule has 0 unspecified atom stereocenters. The maximum Gasteiger partial charge on any atom is 0.261 e.